The van der Waals surface area contributed by atoms with Crippen LogP contribution in [-0.2, 0) is 0 Å². The molecule has 2 aromatic heterocycles. The number of imidazole rings is 1. The van der Waals surface area contributed by atoms with Crippen LogP contribution in [0.1, 0.15) is 0 Å². The number of aromatic hydroxyl groups is 1. The molecule has 0 aliphatic rings. The van der Waals surface area contributed by atoms with Gasteiger partial charge in [-0.05, 0) is 12.1 Å². The van der Waals surface area contributed by atoms with Crippen LogP contribution in [0.4, 0.5) is 0 Å². The maximum Gasteiger partial charge on any atom is 0.155 e. The Morgan fingerprint density at radius 1 is 0.818 bits per heavy atom. The maximum absolute atomic E-state index is 9.67. The summed E-state index contributed by atoms with van der Waals surface area (Å²) in [7, 11) is 0. The highest BCUT2D eigenvalue weighted by atomic mass is 16.3. The highest BCUT2D eigenvalue weighted by Gasteiger charge is 2.08. The van der Waals surface area contributed by atoms with Gasteiger partial charge in [-0.15, -0.1) is 0 Å². The molecule has 2 aromatic carbocycles. The summed E-state index contributed by atoms with van der Waals surface area (Å²) in [6.07, 6.45) is 5.52. The van der Waals surface area contributed by atoms with E-state index in [0.29, 0.717) is 0 Å². The minimum absolute atomic E-state index is 0.241. The van der Waals surface area contributed by atoms with Crippen LogP contribution in [0.2, 0.25) is 0 Å². The molecule has 0 spiro atoms. The van der Waals surface area contributed by atoms with E-state index < -0.39 is 0 Å². The molecule has 22 heavy (non-hydrogen) atoms. The Labute approximate surface area is 127 Å². The number of rotatable bonds is 2. The second kappa shape index (κ2) is 5.00. The van der Waals surface area contributed by atoms with Crippen LogP contribution in [0.25, 0.3) is 28.2 Å². The molecule has 0 aliphatic carbocycles. The molecule has 4 rings (SSSR count). The predicted octanol–water partition coefficient (Wildman–Crippen LogP) is 3.77. The van der Waals surface area contributed by atoms with E-state index in [9.17, 15) is 5.11 Å². The van der Waals surface area contributed by atoms with E-state index in [-0.39, 0.29) is 5.75 Å². The number of phenolic OH excluding ortho intramolecular Hbond substituents is 1. The van der Waals surface area contributed by atoms with E-state index in [1.54, 1.807) is 24.5 Å². The van der Waals surface area contributed by atoms with Crippen molar-refractivity contribution in [3.05, 3.63) is 73.2 Å². The smallest absolute Gasteiger partial charge is 0.155 e. The van der Waals surface area contributed by atoms with Gasteiger partial charge in [0.25, 0.3) is 0 Å². The lowest BCUT2D eigenvalue weighted by Gasteiger charge is -2.05. The fraction of sp³-hybridized carbons (Fsp3) is 0. The predicted molar refractivity (Wildman–Crippen MR) is 85.5 cm³/mol. The average molecular weight is 287 g/mol. The molecular weight excluding hydrogens is 274 g/mol. The molecule has 0 saturated heterocycles. The van der Waals surface area contributed by atoms with Gasteiger partial charge in [-0.2, -0.15) is 0 Å². The van der Waals surface area contributed by atoms with E-state index in [1.807, 2.05) is 53.1 Å². The second-order valence-corrected chi connectivity index (χ2v) is 5.06. The molecule has 0 aliphatic heterocycles. The van der Waals surface area contributed by atoms with Gasteiger partial charge in [0.15, 0.2) is 5.65 Å². The first-order valence-corrected chi connectivity index (χ1v) is 6.99. The van der Waals surface area contributed by atoms with Gasteiger partial charge >= 0.3 is 0 Å². The molecule has 0 bridgehead atoms. The second-order valence-electron chi connectivity index (χ2n) is 5.06. The van der Waals surface area contributed by atoms with E-state index in [1.165, 1.54) is 0 Å². The van der Waals surface area contributed by atoms with E-state index in [0.717, 1.165) is 28.2 Å². The zero-order chi connectivity index (χ0) is 14.9. The summed E-state index contributed by atoms with van der Waals surface area (Å²) in [5.74, 6) is 0.241. The Bertz CT molecular complexity index is 945. The molecule has 0 saturated carbocycles. The SMILES string of the molecule is Oc1cccc(-c2cnc3cnc(-c4ccccc4)cn23)c1. The molecule has 0 atom stereocenters. The summed E-state index contributed by atoms with van der Waals surface area (Å²) in [5, 5.41) is 9.67. The minimum atomic E-state index is 0.241. The molecule has 0 unspecified atom stereocenters. The van der Waals surface area contributed by atoms with Gasteiger partial charge in [0.2, 0.25) is 0 Å². The molecule has 4 aromatic rings. The Morgan fingerprint density at radius 3 is 2.45 bits per heavy atom. The topological polar surface area (TPSA) is 50.4 Å². The third kappa shape index (κ3) is 2.11. The summed E-state index contributed by atoms with van der Waals surface area (Å²) in [6, 6.07) is 17.2. The van der Waals surface area contributed by atoms with Gasteiger partial charge in [0.05, 0.1) is 23.8 Å². The van der Waals surface area contributed by atoms with Crippen molar-refractivity contribution in [1.29, 1.82) is 0 Å². The first-order chi connectivity index (χ1) is 10.8. The van der Waals surface area contributed by atoms with Gasteiger partial charge in [-0.25, -0.2) is 4.98 Å². The Morgan fingerprint density at radius 2 is 1.64 bits per heavy atom. The van der Waals surface area contributed by atoms with Gasteiger partial charge in [-0.3, -0.25) is 9.38 Å². The van der Waals surface area contributed by atoms with Gasteiger partial charge in [0.1, 0.15) is 5.75 Å². The molecule has 0 fully saturated rings. The molecule has 4 nitrogen and oxygen atoms in total. The number of fused-ring (bicyclic) bond motifs is 1. The van der Waals surface area contributed by atoms with Crippen LogP contribution in [0.15, 0.2) is 73.2 Å². The van der Waals surface area contributed by atoms with E-state index in [4.69, 9.17) is 0 Å². The zero-order valence-electron chi connectivity index (χ0n) is 11.7. The van der Waals surface area contributed by atoms with Crippen molar-refractivity contribution in [3.63, 3.8) is 0 Å². The van der Waals surface area contributed by atoms with Crippen LogP contribution in [0, 0.1) is 0 Å². The molecule has 0 amide bonds. The van der Waals surface area contributed by atoms with Crippen molar-refractivity contribution < 1.29 is 5.11 Å². The summed E-state index contributed by atoms with van der Waals surface area (Å²) in [4.78, 5) is 8.85. The Hall–Kier alpha value is -3.14. The third-order valence-corrected chi connectivity index (χ3v) is 3.61. The van der Waals surface area contributed by atoms with Crippen molar-refractivity contribution in [1.82, 2.24) is 14.4 Å². The molecule has 4 heteroatoms. The molecule has 1 N–H and O–H groups in total. The standard InChI is InChI=1S/C18H13N3O/c22-15-8-4-7-14(9-15)17-10-20-18-11-19-16(12-21(17)18)13-5-2-1-3-6-13/h1-12,22H. The molecule has 106 valence electrons. The summed E-state index contributed by atoms with van der Waals surface area (Å²) in [6.45, 7) is 0. The number of benzene rings is 2. The van der Waals surface area contributed by atoms with E-state index >= 15 is 0 Å². The normalized spacial score (nSPS) is 10.9. The highest BCUT2D eigenvalue weighted by molar-refractivity contribution is 5.67. The lowest BCUT2D eigenvalue weighted by Crippen LogP contribution is -1.92. The number of aromatic nitrogens is 3. The van der Waals surface area contributed by atoms with Crippen molar-refractivity contribution >= 4 is 5.65 Å². The minimum Gasteiger partial charge on any atom is -0.508 e. The average Bonchev–Trinajstić information content (AvgIpc) is 2.99. The first kappa shape index (κ1) is 12.6. The van der Waals surface area contributed by atoms with Crippen molar-refractivity contribution in [3.8, 4) is 28.3 Å². The fourth-order valence-electron chi connectivity index (χ4n) is 2.53. The van der Waals surface area contributed by atoms with Gasteiger partial charge in [0, 0.05) is 17.3 Å². The van der Waals surface area contributed by atoms with Crippen molar-refractivity contribution in [2.24, 2.45) is 0 Å². The van der Waals surface area contributed by atoms with Crippen LogP contribution in [-0.4, -0.2) is 19.5 Å². The summed E-state index contributed by atoms with van der Waals surface area (Å²) >= 11 is 0. The fourth-order valence-corrected chi connectivity index (χ4v) is 2.53. The summed E-state index contributed by atoms with van der Waals surface area (Å²) in [5.41, 5.74) is 4.55. The lowest BCUT2D eigenvalue weighted by atomic mass is 10.1. The monoisotopic (exact) mass is 287 g/mol. The van der Waals surface area contributed by atoms with Crippen molar-refractivity contribution in [2.75, 3.05) is 0 Å². The quantitative estimate of drug-likeness (QED) is 0.610. The van der Waals surface area contributed by atoms with Crippen LogP contribution in [0.5, 0.6) is 5.75 Å². The van der Waals surface area contributed by atoms with Gasteiger partial charge in [-0.1, -0.05) is 42.5 Å². The highest BCUT2D eigenvalue weighted by Crippen LogP contribution is 2.25. The Balaban J connectivity index is 1.91. The van der Waals surface area contributed by atoms with Crippen LogP contribution in [0.3, 0.4) is 0 Å². The molecule has 0 radical (unpaired) electrons. The number of nitrogens with zero attached hydrogens (tertiary/aromatic N) is 3. The first-order valence-electron chi connectivity index (χ1n) is 6.99. The Kier molecular flexibility index (Phi) is 2.86. The van der Waals surface area contributed by atoms with Crippen LogP contribution >= 0.6 is 0 Å². The molecular formula is C18H13N3O. The number of hydrogen-bond acceptors (Lipinski definition) is 3. The zero-order valence-corrected chi connectivity index (χ0v) is 11.7. The third-order valence-electron chi connectivity index (χ3n) is 3.61. The largest absolute Gasteiger partial charge is 0.508 e. The number of phenols is 1. The summed E-state index contributed by atoms with van der Waals surface area (Å²) < 4.78 is 1.99. The molecule has 2 heterocycles. The lowest BCUT2D eigenvalue weighted by molar-refractivity contribution is 0.475. The maximum atomic E-state index is 9.67. The van der Waals surface area contributed by atoms with Crippen LogP contribution < -0.4 is 0 Å². The van der Waals surface area contributed by atoms with Crippen molar-refractivity contribution in [2.45, 2.75) is 0 Å². The van der Waals surface area contributed by atoms with E-state index in [2.05, 4.69) is 9.97 Å². The number of hydrogen-bond donors (Lipinski definition) is 1. The van der Waals surface area contributed by atoms with Gasteiger partial charge < -0.3 is 5.11 Å².